The number of halogens is 1. The first-order valence-corrected chi connectivity index (χ1v) is 8.44. The third kappa shape index (κ3) is 3.20. The van der Waals surface area contributed by atoms with Crippen molar-refractivity contribution in [3.63, 3.8) is 0 Å². The maximum absolute atomic E-state index is 6.47. The second-order valence-electron chi connectivity index (χ2n) is 6.31. The van der Waals surface area contributed by atoms with Crippen molar-refractivity contribution in [3.8, 4) is 0 Å². The van der Waals surface area contributed by atoms with E-state index >= 15 is 0 Å². The molecule has 0 aliphatic heterocycles. The normalized spacial score (nSPS) is 20.0. The van der Waals surface area contributed by atoms with E-state index in [0.717, 1.165) is 24.5 Å². The molecule has 0 spiro atoms. The van der Waals surface area contributed by atoms with Crippen molar-refractivity contribution in [3.05, 3.63) is 16.9 Å². The standard InChI is InChI=1S/C16H28ClN3/c1-4-11-20-14(13(17)12-19-20)15(18-5-2)16(3)9-7-6-8-10-16/h12,15,18H,4-11H2,1-3H3. The lowest BCUT2D eigenvalue weighted by Gasteiger charge is -2.41. The zero-order valence-corrected chi connectivity index (χ0v) is 13.8. The van der Waals surface area contributed by atoms with Gasteiger partial charge in [-0.15, -0.1) is 0 Å². The van der Waals surface area contributed by atoms with Gasteiger partial charge in [-0.05, 0) is 31.2 Å². The van der Waals surface area contributed by atoms with E-state index in [2.05, 4.69) is 35.9 Å². The molecule has 0 saturated heterocycles. The molecular weight excluding hydrogens is 270 g/mol. The minimum absolute atomic E-state index is 0.295. The van der Waals surface area contributed by atoms with Crippen LogP contribution < -0.4 is 5.32 Å². The van der Waals surface area contributed by atoms with Gasteiger partial charge in [0.1, 0.15) is 0 Å². The maximum Gasteiger partial charge on any atom is 0.0834 e. The van der Waals surface area contributed by atoms with Crippen LogP contribution in [-0.4, -0.2) is 16.3 Å². The predicted molar refractivity (Wildman–Crippen MR) is 85.1 cm³/mol. The molecule has 1 aliphatic rings. The van der Waals surface area contributed by atoms with Crippen LogP contribution in [-0.2, 0) is 6.54 Å². The first-order chi connectivity index (χ1) is 9.62. The molecule has 2 rings (SSSR count). The molecule has 1 heterocycles. The molecule has 114 valence electrons. The fraction of sp³-hybridized carbons (Fsp3) is 0.812. The zero-order valence-electron chi connectivity index (χ0n) is 13.1. The Balaban J connectivity index is 2.34. The van der Waals surface area contributed by atoms with Crippen molar-refractivity contribution in [2.24, 2.45) is 5.41 Å². The van der Waals surface area contributed by atoms with Crippen LogP contribution in [0.3, 0.4) is 0 Å². The van der Waals surface area contributed by atoms with Crippen LogP contribution in [0, 0.1) is 5.41 Å². The molecule has 1 aromatic heterocycles. The Morgan fingerprint density at radius 1 is 1.35 bits per heavy atom. The highest BCUT2D eigenvalue weighted by Gasteiger charge is 2.38. The van der Waals surface area contributed by atoms with Gasteiger partial charge in [0, 0.05) is 6.54 Å². The molecule has 1 aliphatic carbocycles. The van der Waals surface area contributed by atoms with Gasteiger partial charge in [-0.1, -0.05) is 51.6 Å². The van der Waals surface area contributed by atoms with Gasteiger partial charge in [0.05, 0.1) is 23.0 Å². The summed E-state index contributed by atoms with van der Waals surface area (Å²) < 4.78 is 2.11. The van der Waals surface area contributed by atoms with Gasteiger partial charge in [0.15, 0.2) is 0 Å². The number of aromatic nitrogens is 2. The average molecular weight is 298 g/mol. The fourth-order valence-electron chi connectivity index (χ4n) is 3.57. The van der Waals surface area contributed by atoms with Gasteiger partial charge in [-0.3, -0.25) is 4.68 Å². The number of rotatable bonds is 6. The van der Waals surface area contributed by atoms with Crippen LogP contribution in [0.2, 0.25) is 5.02 Å². The van der Waals surface area contributed by atoms with Crippen molar-refractivity contribution in [2.45, 2.75) is 71.9 Å². The van der Waals surface area contributed by atoms with Crippen molar-refractivity contribution < 1.29 is 0 Å². The highest BCUT2D eigenvalue weighted by atomic mass is 35.5. The van der Waals surface area contributed by atoms with Crippen LogP contribution in [0.1, 0.15) is 71.0 Å². The Labute approximate surface area is 128 Å². The Morgan fingerprint density at radius 3 is 2.65 bits per heavy atom. The van der Waals surface area contributed by atoms with Gasteiger partial charge in [-0.25, -0.2) is 0 Å². The van der Waals surface area contributed by atoms with Crippen LogP contribution in [0.25, 0.3) is 0 Å². The van der Waals surface area contributed by atoms with Crippen molar-refractivity contribution in [1.82, 2.24) is 15.1 Å². The van der Waals surface area contributed by atoms with Crippen molar-refractivity contribution in [2.75, 3.05) is 6.54 Å². The summed E-state index contributed by atoms with van der Waals surface area (Å²) in [5.41, 5.74) is 1.49. The van der Waals surface area contributed by atoms with E-state index in [0.29, 0.717) is 11.5 Å². The minimum atomic E-state index is 0.295. The lowest BCUT2D eigenvalue weighted by molar-refractivity contribution is 0.139. The summed E-state index contributed by atoms with van der Waals surface area (Å²) >= 11 is 6.47. The van der Waals surface area contributed by atoms with Crippen LogP contribution in [0.5, 0.6) is 0 Å². The summed E-state index contributed by atoms with van der Waals surface area (Å²) in [5.74, 6) is 0. The van der Waals surface area contributed by atoms with Crippen LogP contribution >= 0.6 is 11.6 Å². The highest BCUT2D eigenvalue weighted by Crippen LogP contribution is 2.47. The molecule has 1 aromatic rings. The summed E-state index contributed by atoms with van der Waals surface area (Å²) in [6.07, 6.45) is 9.48. The number of hydrogen-bond donors (Lipinski definition) is 1. The summed E-state index contributed by atoms with van der Waals surface area (Å²) in [7, 11) is 0. The van der Waals surface area contributed by atoms with Crippen molar-refractivity contribution in [1.29, 1.82) is 0 Å². The van der Waals surface area contributed by atoms with Crippen LogP contribution in [0.4, 0.5) is 0 Å². The third-order valence-electron chi connectivity index (χ3n) is 4.64. The molecule has 0 radical (unpaired) electrons. The quantitative estimate of drug-likeness (QED) is 0.833. The predicted octanol–water partition coefficient (Wildman–Crippen LogP) is 4.57. The Hall–Kier alpha value is -0.540. The number of aryl methyl sites for hydroxylation is 1. The number of nitrogens with zero attached hydrogens (tertiary/aromatic N) is 2. The minimum Gasteiger partial charge on any atom is -0.308 e. The Kier molecular flexibility index (Phi) is 5.50. The molecule has 1 saturated carbocycles. The van der Waals surface area contributed by atoms with Crippen molar-refractivity contribution >= 4 is 11.6 Å². The summed E-state index contributed by atoms with van der Waals surface area (Å²) in [6, 6.07) is 0.314. The zero-order chi connectivity index (χ0) is 14.6. The molecule has 0 aromatic carbocycles. The Morgan fingerprint density at radius 2 is 2.05 bits per heavy atom. The van der Waals surface area contributed by atoms with Gasteiger partial charge >= 0.3 is 0 Å². The lowest BCUT2D eigenvalue weighted by atomic mass is 9.69. The van der Waals surface area contributed by atoms with Gasteiger partial charge in [0.2, 0.25) is 0 Å². The van der Waals surface area contributed by atoms with E-state index in [-0.39, 0.29) is 0 Å². The third-order valence-corrected chi connectivity index (χ3v) is 4.93. The molecule has 1 atom stereocenters. The molecule has 1 unspecified atom stereocenters. The average Bonchev–Trinajstić information content (AvgIpc) is 2.78. The topological polar surface area (TPSA) is 29.9 Å². The largest absolute Gasteiger partial charge is 0.308 e. The Bertz CT molecular complexity index is 421. The molecule has 1 N–H and O–H groups in total. The molecule has 0 bridgehead atoms. The number of nitrogens with one attached hydrogen (secondary N) is 1. The molecule has 1 fully saturated rings. The number of hydrogen-bond acceptors (Lipinski definition) is 2. The molecule has 0 amide bonds. The smallest absolute Gasteiger partial charge is 0.0834 e. The maximum atomic E-state index is 6.47. The summed E-state index contributed by atoms with van der Waals surface area (Å²) in [4.78, 5) is 0. The second-order valence-corrected chi connectivity index (χ2v) is 6.71. The summed E-state index contributed by atoms with van der Waals surface area (Å²) in [6.45, 7) is 8.69. The van der Waals surface area contributed by atoms with E-state index in [1.165, 1.54) is 37.8 Å². The van der Waals surface area contributed by atoms with E-state index in [9.17, 15) is 0 Å². The molecule has 4 heteroatoms. The first-order valence-electron chi connectivity index (χ1n) is 8.07. The highest BCUT2D eigenvalue weighted by molar-refractivity contribution is 6.31. The van der Waals surface area contributed by atoms with Gasteiger partial charge in [-0.2, -0.15) is 5.10 Å². The lowest BCUT2D eigenvalue weighted by Crippen LogP contribution is -2.39. The fourth-order valence-corrected chi connectivity index (χ4v) is 3.82. The van der Waals surface area contributed by atoms with E-state index in [1.54, 1.807) is 0 Å². The molecular formula is C16H28ClN3. The molecule has 3 nitrogen and oxygen atoms in total. The van der Waals surface area contributed by atoms with Gasteiger partial charge < -0.3 is 5.32 Å². The van der Waals surface area contributed by atoms with E-state index in [4.69, 9.17) is 11.6 Å². The molecule has 20 heavy (non-hydrogen) atoms. The SMILES string of the molecule is CCCn1ncc(Cl)c1C(NCC)C1(C)CCCCC1. The second kappa shape index (κ2) is 6.95. The monoisotopic (exact) mass is 297 g/mol. The van der Waals surface area contributed by atoms with E-state index < -0.39 is 0 Å². The van der Waals surface area contributed by atoms with Gasteiger partial charge in [0.25, 0.3) is 0 Å². The van der Waals surface area contributed by atoms with E-state index in [1.807, 2.05) is 6.20 Å². The van der Waals surface area contributed by atoms with Crippen LogP contribution in [0.15, 0.2) is 6.20 Å². The summed E-state index contributed by atoms with van der Waals surface area (Å²) in [5, 5.41) is 8.98. The first kappa shape index (κ1) is 15.8.